The van der Waals surface area contributed by atoms with E-state index in [1.807, 2.05) is 0 Å². The van der Waals surface area contributed by atoms with Crippen LogP contribution < -0.4 is 0 Å². The number of hydrogen-bond acceptors (Lipinski definition) is 0. The van der Waals surface area contributed by atoms with Crippen LogP contribution in [-0.4, -0.2) is 12.4 Å². The van der Waals surface area contributed by atoms with Gasteiger partial charge in [-0.2, -0.15) is 26.3 Å². The molecule has 0 saturated heterocycles. The van der Waals surface area contributed by atoms with E-state index in [2.05, 4.69) is 0 Å². The molecule has 0 aliphatic rings. The third-order valence-electron chi connectivity index (χ3n) is 1.87. The number of allylic oxidation sites excluding steroid dienone is 2. The highest BCUT2D eigenvalue weighted by atomic mass is 19.4. The summed E-state index contributed by atoms with van der Waals surface area (Å²) in [5, 5.41) is 0. The van der Waals surface area contributed by atoms with Crippen molar-refractivity contribution in [2.45, 2.75) is 12.4 Å². The van der Waals surface area contributed by atoms with Crippen LogP contribution in [0.1, 0.15) is 11.1 Å². The van der Waals surface area contributed by atoms with Crippen molar-refractivity contribution in [2.24, 2.45) is 0 Å². The molecule has 0 nitrogen and oxygen atoms in total. The van der Waals surface area contributed by atoms with Crippen LogP contribution >= 0.6 is 0 Å². The van der Waals surface area contributed by atoms with Crippen molar-refractivity contribution >= 4 is 12.2 Å². The van der Waals surface area contributed by atoms with Gasteiger partial charge >= 0.3 is 12.4 Å². The molecule has 0 saturated carbocycles. The molecule has 0 heterocycles. The molecule has 6 heteroatoms. The van der Waals surface area contributed by atoms with Gasteiger partial charge in [-0.25, -0.2) is 0 Å². The van der Waals surface area contributed by atoms with Crippen LogP contribution in [-0.2, 0) is 0 Å². The van der Waals surface area contributed by atoms with Crippen molar-refractivity contribution < 1.29 is 26.3 Å². The smallest absolute Gasteiger partial charge is 0.167 e. The summed E-state index contributed by atoms with van der Waals surface area (Å²) in [5.41, 5.74) is 0.521. The topological polar surface area (TPSA) is 0 Å². The average Bonchev–Trinajstić information content (AvgIpc) is 2.23. The van der Waals surface area contributed by atoms with E-state index in [1.54, 1.807) is 0 Å². The van der Waals surface area contributed by atoms with Crippen molar-refractivity contribution in [1.29, 1.82) is 0 Å². The predicted octanol–water partition coefficient (Wildman–Crippen LogP) is 4.84. The molecule has 98 valence electrons. The van der Waals surface area contributed by atoms with Crippen LogP contribution in [0.3, 0.4) is 0 Å². The minimum Gasteiger partial charge on any atom is -0.167 e. The first kappa shape index (κ1) is 14.3. The Balaban J connectivity index is 2.75. The third kappa shape index (κ3) is 6.12. The Labute approximate surface area is 99.2 Å². The van der Waals surface area contributed by atoms with Gasteiger partial charge in [0.05, 0.1) is 0 Å². The quantitative estimate of drug-likeness (QED) is 0.672. The minimum atomic E-state index is -4.41. The van der Waals surface area contributed by atoms with E-state index < -0.39 is 12.4 Å². The lowest BCUT2D eigenvalue weighted by Crippen LogP contribution is -2.00. The van der Waals surface area contributed by atoms with Crippen LogP contribution in [0.15, 0.2) is 36.4 Å². The Hall–Kier alpha value is -1.72. The summed E-state index contributed by atoms with van der Waals surface area (Å²) in [6, 6.07) is 5.22. The van der Waals surface area contributed by atoms with Gasteiger partial charge in [-0.15, -0.1) is 0 Å². The van der Waals surface area contributed by atoms with Gasteiger partial charge in [-0.05, 0) is 11.1 Å². The summed E-state index contributed by atoms with van der Waals surface area (Å²) < 4.78 is 71.1. The molecule has 1 aromatic carbocycles. The van der Waals surface area contributed by atoms with E-state index in [0.717, 1.165) is 12.2 Å². The highest BCUT2D eigenvalue weighted by molar-refractivity contribution is 5.56. The molecule has 0 radical (unpaired) electrons. The Bertz CT molecular complexity index is 390. The van der Waals surface area contributed by atoms with Gasteiger partial charge in [-0.3, -0.25) is 0 Å². The standard InChI is InChI=1S/C12H8F6/c13-11(14,15)7-5-9-1-2-10(4-3-9)6-8-12(16,17)18/h1-8H/b7-5+,8-6+. The van der Waals surface area contributed by atoms with Crippen LogP contribution in [0.4, 0.5) is 26.3 Å². The van der Waals surface area contributed by atoms with Crippen molar-refractivity contribution in [3.8, 4) is 0 Å². The third-order valence-corrected chi connectivity index (χ3v) is 1.87. The summed E-state index contributed by atoms with van der Waals surface area (Å²) in [5.74, 6) is 0. The average molecular weight is 266 g/mol. The molecule has 0 atom stereocenters. The van der Waals surface area contributed by atoms with Gasteiger partial charge in [0.15, 0.2) is 0 Å². The van der Waals surface area contributed by atoms with E-state index in [4.69, 9.17) is 0 Å². The normalized spacial score (nSPS) is 13.7. The first-order valence-electron chi connectivity index (χ1n) is 4.78. The van der Waals surface area contributed by atoms with Crippen molar-refractivity contribution in [3.05, 3.63) is 47.5 Å². The molecular formula is C12H8F6. The van der Waals surface area contributed by atoms with Crippen molar-refractivity contribution in [1.82, 2.24) is 0 Å². The summed E-state index contributed by atoms with van der Waals surface area (Å²) in [7, 11) is 0. The summed E-state index contributed by atoms with van der Waals surface area (Å²) in [6.07, 6.45) is -7.00. The second-order valence-corrected chi connectivity index (χ2v) is 3.42. The number of halogens is 6. The van der Waals surface area contributed by atoms with Gasteiger partial charge in [0.1, 0.15) is 0 Å². The maximum absolute atomic E-state index is 11.8. The highest BCUT2D eigenvalue weighted by Gasteiger charge is 2.22. The number of benzene rings is 1. The fraction of sp³-hybridized carbons (Fsp3) is 0.167. The molecule has 18 heavy (non-hydrogen) atoms. The molecule has 0 aromatic heterocycles. The Morgan fingerprint density at radius 1 is 0.611 bits per heavy atom. The van der Waals surface area contributed by atoms with Crippen LogP contribution in [0.5, 0.6) is 0 Å². The lowest BCUT2D eigenvalue weighted by Gasteiger charge is -2.00. The molecular weight excluding hydrogens is 258 g/mol. The largest absolute Gasteiger partial charge is 0.409 e. The first-order valence-corrected chi connectivity index (χ1v) is 4.78. The molecule has 1 aromatic rings. The predicted molar refractivity (Wildman–Crippen MR) is 56.6 cm³/mol. The van der Waals surface area contributed by atoms with Crippen molar-refractivity contribution in [3.63, 3.8) is 0 Å². The van der Waals surface area contributed by atoms with Crippen LogP contribution in [0.2, 0.25) is 0 Å². The molecule has 0 unspecified atom stereocenters. The zero-order valence-corrected chi connectivity index (χ0v) is 8.89. The zero-order valence-electron chi connectivity index (χ0n) is 8.89. The molecule has 0 N–H and O–H groups in total. The second-order valence-electron chi connectivity index (χ2n) is 3.42. The molecule has 0 fully saturated rings. The zero-order chi connectivity index (χ0) is 13.8. The fourth-order valence-electron chi connectivity index (χ4n) is 1.10. The van der Waals surface area contributed by atoms with Gasteiger partial charge in [0, 0.05) is 12.2 Å². The van der Waals surface area contributed by atoms with E-state index in [-0.39, 0.29) is 23.3 Å². The van der Waals surface area contributed by atoms with Gasteiger partial charge in [-0.1, -0.05) is 36.4 Å². The molecule has 0 aliphatic heterocycles. The summed E-state index contributed by atoms with van der Waals surface area (Å²) in [4.78, 5) is 0. The van der Waals surface area contributed by atoms with E-state index >= 15 is 0 Å². The minimum absolute atomic E-state index is 0.0631. The van der Waals surface area contributed by atoms with E-state index in [0.29, 0.717) is 0 Å². The number of hydrogen-bond donors (Lipinski definition) is 0. The molecule has 0 amide bonds. The SMILES string of the molecule is FC(F)(F)/C=C/c1ccc(/C=C/C(F)(F)F)cc1. The highest BCUT2D eigenvalue weighted by Crippen LogP contribution is 2.20. The molecule has 0 bridgehead atoms. The first-order chi connectivity index (χ1) is 8.16. The van der Waals surface area contributed by atoms with E-state index in [9.17, 15) is 26.3 Å². The van der Waals surface area contributed by atoms with E-state index in [1.165, 1.54) is 24.3 Å². The second kappa shape index (κ2) is 5.29. The monoisotopic (exact) mass is 266 g/mol. The fourth-order valence-corrected chi connectivity index (χ4v) is 1.10. The van der Waals surface area contributed by atoms with Crippen LogP contribution in [0, 0.1) is 0 Å². The molecule has 0 aliphatic carbocycles. The lowest BCUT2D eigenvalue weighted by molar-refractivity contribution is -0.0800. The van der Waals surface area contributed by atoms with Crippen molar-refractivity contribution in [2.75, 3.05) is 0 Å². The summed E-state index contributed by atoms with van der Waals surface area (Å²) >= 11 is 0. The maximum atomic E-state index is 11.8. The van der Waals surface area contributed by atoms with Gasteiger partial charge < -0.3 is 0 Å². The molecule has 0 spiro atoms. The molecule has 1 rings (SSSR count). The Morgan fingerprint density at radius 2 is 0.889 bits per heavy atom. The Morgan fingerprint density at radius 3 is 1.11 bits per heavy atom. The van der Waals surface area contributed by atoms with Gasteiger partial charge in [0.25, 0.3) is 0 Å². The number of rotatable bonds is 2. The summed E-state index contributed by atoms with van der Waals surface area (Å²) in [6.45, 7) is 0. The number of alkyl halides is 6. The maximum Gasteiger partial charge on any atom is 0.409 e. The Kier molecular flexibility index (Phi) is 4.21. The van der Waals surface area contributed by atoms with Gasteiger partial charge in [0.2, 0.25) is 0 Å². The lowest BCUT2D eigenvalue weighted by atomic mass is 10.1. The van der Waals surface area contributed by atoms with Crippen LogP contribution in [0.25, 0.3) is 12.2 Å².